The number of ether oxygens (including phenoxy) is 1. The Morgan fingerprint density at radius 3 is 2.34 bits per heavy atom. The highest BCUT2D eigenvalue weighted by atomic mass is 32.2. The van der Waals surface area contributed by atoms with Crippen LogP contribution in [-0.2, 0) is 21.2 Å². The number of hydrogen-bond acceptors (Lipinski definition) is 5. The minimum absolute atomic E-state index is 0.0633. The van der Waals surface area contributed by atoms with Crippen molar-refractivity contribution in [2.45, 2.75) is 38.5 Å². The van der Waals surface area contributed by atoms with E-state index in [-0.39, 0.29) is 17.4 Å². The standard InChI is InChI=1S/C30H35N3O4S/c1-22-8-6-12-27(24(22)3)31-16-18-32(19-17-31)30(34)21-37-29-14-13-26(20-23(29)2)38(35,36)33-15-7-10-25-9-4-5-11-28(25)33/h4-6,8-9,11-14,20H,7,10,15-19,21H2,1-3H3. The van der Waals surface area contributed by atoms with Crippen LogP contribution in [0.3, 0.4) is 0 Å². The molecule has 2 aliphatic heterocycles. The first-order chi connectivity index (χ1) is 18.3. The molecule has 0 atom stereocenters. The van der Waals surface area contributed by atoms with E-state index in [4.69, 9.17) is 4.74 Å². The molecule has 200 valence electrons. The number of nitrogens with zero attached hydrogens (tertiary/aromatic N) is 3. The van der Waals surface area contributed by atoms with E-state index >= 15 is 0 Å². The highest BCUT2D eigenvalue weighted by Crippen LogP contribution is 2.33. The molecule has 1 amide bonds. The van der Waals surface area contributed by atoms with Gasteiger partial charge in [0.15, 0.2) is 6.61 Å². The third kappa shape index (κ3) is 5.10. The molecule has 2 heterocycles. The average molecular weight is 534 g/mol. The summed E-state index contributed by atoms with van der Waals surface area (Å²) in [4.78, 5) is 17.3. The first kappa shape index (κ1) is 26.1. The van der Waals surface area contributed by atoms with Gasteiger partial charge >= 0.3 is 0 Å². The van der Waals surface area contributed by atoms with Crippen molar-refractivity contribution in [1.29, 1.82) is 0 Å². The summed E-state index contributed by atoms with van der Waals surface area (Å²) in [6.07, 6.45) is 1.67. The van der Waals surface area contributed by atoms with Gasteiger partial charge in [0.05, 0.1) is 10.6 Å². The predicted molar refractivity (Wildman–Crippen MR) is 151 cm³/mol. The van der Waals surface area contributed by atoms with Crippen molar-refractivity contribution >= 4 is 27.3 Å². The molecule has 1 saturated heterocycles. The summed E-state index contributed by atoms with van der Waals surface area (Å²) in [7, 11) is -3.70. The first-order valence-corrected chi connectivity index (χ1v) is 14.6. The van der Waals surface area contributed by atoms with Crippen LogP contribution in [0.15, 0.2) is 65.6 Å². The average Bonchev–Trinajstić information content (AvgIpc) is 2.93. The third-order valence-electron chi connectivity index (χ3n) is 7.70. The zero-order valence-corrected chi connectivity index (χ0v) is 23.1. The second kappa shape index (κ2) is 10.7. The maximum Gasteiger partial charge on any atom is 0.264 e. The Morgan fingerprint density at radius 2 is 1.58 bits per heavy atom. The van der Waals surface area contributed by atoms with Crippen molar-refractivity contribution in [1.82, 2.24) is 4.90 Å². The molecular weight excluding hydrogens is 498 g/mol. The molecule has 0 N–H and O–H groups in total. The van der Waals surface area contributed by atoms with Gasteiger partial charge in [0, 0.05) is 38.4 Å². The number of rotatable bonds is 6. The molecule has 0 aromatic heterocycles. The molecule has 7 nitrogen and oxygen atoms in total. The number of carbonyl (C=O) groups is 1. The molecule has 2 aliphatic rings. The molecule has 0 spiro atoms. The fourth-order valence-corrected chi connectivity index (χ4v) is 6.95. The number of fused-ring (bicyclic) bond motifs is 1. The topological polar surface area (TPSA) is 70.2 Å². The summed E-state index contributed by atoms with van der Waals surface area (Å²) in [5.41, 5.74) is 6.26. The van der Waals surface area contributed by atoms with Gasteiger partial charge in [0.1, 0.15) is 5.75 Å². The molecular formula is C30H35N3O4S. The first-order valence-electron chi connectivity index (χ1n) is 13.2. The second-order valence-electron chi connectivity index (χ2n) is 10.1. The van der Waals surface area contributed by atoms with E-state index in [2.05, 4.69) is 36.9 Å². The maximum atomic E-state index is 13.5. The molecule has 3 aromatic carbocycles. The van der Waals surface area contributed by atoms with Crippen LogP contribution < -0.4 is 13.9 Å². The molecule has 38 heavy (non-hydrogen) atoms. The van der Waals surface area contributed by atoms with Crippen LogP contribution >= 0.6 is 0 Å². The van der Waals surface area contributed by atoms with Gasteiger partial charge in [0.2, 0.25) is 0 Å². The molecule has 0 unspecified atom stereocenters. The van der Waals surface area contributed by atoms with Gasteiger partial charge < -0.3 is 14.5 Å². The van der Waals surface area contributed by atoms with E-state index in [0.29, 0.717) is 30.9 Å². The summed E-state index contributed by atoms with van der Waals surface area (Å²) < 4.78 is 34.3. The number of piperazine rings is 1. The lowest BCUT2D eigenvalue weighted by Crippen LogP contribution is -2.50. The molecule has 3 aromatic rings. The fourth-order valence-electron chi connectivity index (χ4n) is 5.33. The van der Waals surface area contributed by atoms with E-state index in [9.17, 15) is 13.2 Å². The quantitative estimate of drug-likeness (QED) is 0.467. The van der Waals surface area contributed by atoms with Crippen LogP contribution in [0.25, 0.3) is 0 Å². The van der Waals surface area contributed by atoms with Crippen molar-refractivity contribution < 1.29 is 17.9 Å². The zero-order valence-electron chi connectivity index (χ0n) is 22.3. The molecule has 0 aliphatic carbocycles. The van der Waals surface area contributed by atoms with E-state index < -0.39 is 10.0 Å². The van der Waals surface area contributed by atoms with Gasteiger partial charge in [-0.15, -0.1) is 0 Å². The summed E-state index contributed by atoms with van der Waals surface area (Å²) in [6.45, 7) is 9.30. The van der Waals surface area contributed by atoms with E-state index in [1.165, 1.54) is 21.1 Å². The smallest absolute Gasteiger partial charge is 0.264 e. The van der Waals surface area contributed by atoms with Gasteiger partial charge in [-0.25, -0.2) is 8.42 Å². The molecule has 0 bridgehead atoms. The van der Waals surface area contributed by atoms with Gasteiger partial charge in [-0.3, -0.25) is 9.10 Å². The second-order valence-corrected chi connectivity index (χ2v) is 12.0. The van der Waals surface area contributed by atoms with Crippen molar-refractivity contribution in [3.8, 4) is 5.75 Å². The van der Waals surface area contributed by atoms with Crippen molar-refractivity contribution in [3.05, 3.63) is 82.9 Å². The van der Waals surface area contributed by atoms with Crippen LogP contribution in [0.1, 0.15) is 28.7 Å². The zero-order chi connectivity index (χ0) is 26.9. The largest absolute Gasteiger partial charge is 0.483 e. The molecule has 5 rings (SSSR count). The van der Waals surface area contributed by atoms with Crippen LogP contribution in [0.4, 0.5) is 11.4 Å². The Labute approximate surface area is 225 Å². The lowest BCUT2D eigenvalue weighted by atomic mass is 10.0. The van der Waals surface area contributed by atoms with Crippen LogP contribution in [0.2, 0.25) is 0 Å². The Balaban J connectivity index is 1.20. The van der Waals surface area contributed by atoms with Crippen molar-refractivity contribution in [3.63, 3.8) is 0 Å². The minimum atomic E-state index is -3.70. The molecule has 8 heteroatoms. The summed E-state index contributed by atoms with van der Waals surface area (Å²) in [5, 5.41) is 0. The van der Waals surface area contributed by atoms with Crippen molar-refractivity contribution in [2.75, 3.05) is 48.5 Å². The number of aryl methyl sites for hydroxylation is 3. The van der Waals surface area contributed by atoms with Crippen LogP contribution in [-0.4, -0.2) is 58.6 Å². The van der Waals surface area contributed by atoms with Gasteiger partial charge in [-0.1, -0.05) is 30.3 Å². The third-order valence-corrected chi connectivity index (χ3v) is 9.51. The highest BCUT2D eigenvalue weighted by Gasteiger charge is 2.29. The predicted octanol–water partition coefficient (Wildman–Crippen LogP) is 4.48. The summed E-state index contributed by atoms with van der Waals surface area (Å²) in [5.74, 6) is 0.456. The lowest BCUT2D eigenvalue weighted by Gasteiger charge is -2.37. The number of anilines is 2. The Morgan fingerprint density at radius 1 is 0.842 bits per heavy atom. The van der Waals surface area contributed by atoms with E-state index in [1.807, 2.05) is 36.1 Å². The number of benzene rings is 3. The number of carbonyl (C=O) groups excluding carboxylic acids is 1. The van der Waals surface area contributed by atoms with Gasteiger partial charge in [-0.05, 0) is 86.2 Å². The number of para-hydroxylation sites is 1. The van der Waals surface area contributed by atoms with Gasteiger partial charge in [0.25, 0.3) is 15.9 Å². The SMILES string of the molecule is Cc1cc(S(=O)(=O)N2CCCc3ccccc32)ccc1OCC(=O)N1CCN(c2cccc(C)c2C)CC1. The monoisotopic (exact) mass is 533 g/mol. The van der Waals surface area contributed by atoms with Crippen LogP contribution in [0.5, 0.6) is 5.75 Å². The molecule has 1 fully saturated rings. The Kier molecular flexibility index (Phi) is 7.34. The fraction of sp³-hybridized carbons (Fsp3) is 0.367. The van der Waals surface area contributed by atoms with E-state index in [1.54, 1.807) is 18.2 Å². The van der Waals surface area contributed by atoms with Crippen LogP contribution in [0, 0.1) is 20.8 Å². The Hall–Kier alpha value is -3.52. The summed E-state index contributed by atoms with van der Waals surface area (Å²) in [6, 6.07) is 18.9. The van der Waals surface area contributed by atoms with Gasteiger partial charge in [-0.2, -0.15) is 0 Å². The van der Waals surface area contributed by atoms with Crippen molar-refractivity contribution in [2.24, 2.45) is 0 Å². The summed E-state index contributed by atoms with van der Waals surface area (Å²) >= 11 is 0. The highest BCUT2D eigenvalue weighted by molar-refractivity contribution is 7.92. The number of hydrogen-bond donors (Lipinski definition) is 0. The normalized spacial score (nSPS) is 15.8. The Bertz CT molecular complexity index is 1450. The van der Waals surface area contributed by atoms with E-state index in [0.717, 1.165) is 37.2 Å². The number of sulfonamides is 1. The molecule has 0 saturated carbocycles. The maximum absolute atomic E-state index is 13.5. The minimum Gasteiger partial charge on any atom is -0.483 e. The lowest BCUT2D eigenvalue weighted by molar-refractivity contribution is -0.133. The number of amides is 1. The molecule has 0 radical (unpaired) electrons.